The Morgan fingerprint density at radius 1 is 0.758 bits per heavy atom. The SMILES string of the molecule is B[C@@H]1O[C@H](COP(=O)(S)O[C@@H]2C(OCCOC)[C@H](B)O[C@@H]2COC)[C@H](OC)C1OCCOC. The van der Waals surface area contributed by atoms with Crippen LogP contribution in [0.2, 0.25) is 0 Å². The lowest BCUT2D eigenvalue weighted by atomic mass is 9.93. The van der Waals surface area contributed by atoms with E-state index in [4.69, 9.17) is 46.9 Å². The highest BCUT2D eigenvalue weighted by atomic mass is 32.7. The molecular formula is C18H37B2O11PS. The Hall–Kier alpha value is 0.310. The van der Waals surface area contributed by atoms with Crippen LogP contribution in [0.15, 0.2) is 0 Å². The first kappa shape index (κ1) is 29.5. The third-order valence-electron chi connectivity index (χ3n) is 5.54. The van der Waals surface area contributed by atoms with E-state index in [1.54, 1.807) is 28.4 Å². The molecule has 192 valence electrons. The molecule has 2 aliphatic rings. The molecule has 0 radical (unpaired) electrons. The number of methoxy groups -OCH3 is 4. The van der Waals surface area contributed by atoms with E-state index in [0.29, 0.717) is 26.4 Å². The maximum Gasteiger partial charge on any atom is 0.386 e. The summed E-state index contributed by atoms with van der Waals surface area (Å²) in [7, 11) is 10.0. The van der Waals surface area contributed by atoms with Gasteiger partial charge in [0.2, 0.25) is 0 Å². The van der Waals surface area contributed by atoms with Crippen LogP contribution in [0.3, 0.4) is 0 Å². The Balaban J connectivity index is 1.98. The van der Waals surface area contributed by atoms with E-state index in [0.717, 1.165) is 0 Å². The summed E-state index contributed by atoms with van der Waals surface area (Å²) >= 11 is 4.19. The zero-order valence-electron chi connectivity index (χ0n) is 20.2. The first-order valence-corrected chi connectivity index (χ1v) is 13.7. The van der Waals surface area contributed by atoms with Gasteiger partial charge in [-0.15, -0.1) is 0 Å². The van der Waals surface area contributed by atoms with Gasteiger partial charge in [-0.25, -0.2) is 4.57 Å². The highest BCUT2D eigenvalue weighted by Gasteiger charge is 2.48. The van der Waals surface area contributed by atoms with Gasteiger partial charge in [0.1, 0.15) is 52.3 Å². The molecule has 0 saturated carbocycles. The van der Waals surface area contributed by atoms with Crippen LogP contribution in [0.1, 0.15) is 0 Å². The second kappa shape index (κ2) is 14.8. The van der Waals surface area contributed by atoms with Crippen molar-refractivity contribution in [1.82, 2.24) is 0 Å². The topological polar surface area (TPSA) is 109 Å². The van der Waals surface area contributed by atoms with Crippen LogP contribution in [0, 0.1) is 0 Å². The monoisotopic (exact) mass is 514 g/mol. The number of hydrogen-bond donors (Lipinski definition) is 1. The highest BCUT2D eigenvalue weighted by Crippen LogP contribution is 2.56. The normalized spacial score (nSPS) is 36.3. The molecule has 2 fully saturated rings. The molecule has 9 atom stereocenters. The van der Waals surface area contributed by atoms with Crippen LogP contribution in [0.25, 0.3) is 0 Å². The summed E-state index contributed by atoms with van der Waals surface area (Å²) in [6.45, 7) is -2.02. The summed E-state index contributed by atoms with van der Waals surface area (Å²) in [4.78, 5) is 0. The Morgan fingerprint density at radius 3 is 1.76 bits per heavy atom. The summed E-state index contributed by atoms with van der Waals surface area (Å²) in [6, 6.07) is -0.545. The molecule has 15 heteroatoms. The van der Waals surface area contributed by atoms with E-state index in [9.17, 15) is 4.57 Å². The van der Waals surface area contributed by atoms with Crippen molar-refractivity contribution in [3.05, 3.63) is 0 Å². The van der Waals surface area contributed by atoms with Crippen molar-refractivity contribution in [2.75, 3.05) is 68.1 Å². The molecule has 0 aromatic heterocycles. The first-order valence-electron chi connectivity index (χ1n) is 11.0. The molecule has 33 heavy (non-hydrogen) atoms. The molecule has 0 aromatic rings. The third-order valence-corrected chi connectivity index (χ3v) is 7.15. The number of hydrogen-bond acceptors (Lipinski definition) is 11. The zero-order chi connectivity index (χ0) is 24.4. The molecule has 0 aromatic carbocycles. The van der Waals surface area contributed by atoms with E-state index < -0.39 is 37.3 Å². The molecule has 0 amide bonds. The summed E-state index contributed by atoms with van der Waals surface area (Å²) in [5.74, 6) is 0. The van der Waals surface area contributed by atoms with Gasteiger partial charge in [-0.1, -0.05) is 12.2 Å². The number of ether oxygens (including phenoxy) is 8. The summed E-state index contributed by atoms with van der Waals surface area (Å²) < 4.78 is 68.9. The Kier molecular flexibility index (Phi) is 13.2. The van der Waals surface area contributed by atoms with E-state index >= 15 is 0 Å². The summed E-state index contributed by atoms with van der Waals surface area (Å²) in [5.41, 5.74) is 0. The summed E-state index contributed by atoms with van der Waals surface area (Å²) in [6.07, 6.45) is -2.91. The van der Waals surface area contributed by atoms with Crippen LogP contribution in [-0.4, -0.2) is 132 Å². The van der Waals surface area contributed by atoms with Gasteiger partial charge in [0.25, 0.3) is 0 Å². The van der Waals surface area contributed by atoms with Crippen LogP contribution in [-0.2, 0) is 51.5 Å². The van der Waals surface area contributed by atoms with E-state index in [-0.39, 0.29) is 31.3 Å². The molecule has 0 spiro atoms. The van der Waals surface area contributed by atoms with Crippen molar-refractivity contribution in [2.45, 2.75) is 48.6 Å². The van der Waals surface area contributed by atoms with Gasteiger partial charge < -0.3 is 37.9 Å². The lowest BCUT2D eigenvalue weighted by molar-refractivity contribution is -0.0610. The van der Waals surface area contributed by atoms with Gasteiger partial charge in [-0.2, -0.15) is 0 Å². The van der Waals surface area contributed by atoms with Crippen LogP contribution < -0.4 is 0 Å². The number of rotatable bonds is 16. The van der Waals surface area contributed by atoms with Crippen LogP contribution >= 0.6 is 19.0 Å². The fraction of sp³-hybridized carbons (Fsp3) is 1.00. The van der Waals surface area contributed by atoms with Gasteiger partial charge in [-0.05, 0) is 0 Å². The molecule has 0 aliphatic carbocycles. The maximum absolute atomic E-state index is 13.1. The van der Waals surface area contributed by atoms with Crippen molar-refractivity contribution >= 4 is 34.7 Å². The van der Waals surface area contributed by atoms with Crippen molar-refractivity contribution < 1.29 is 51.5 Å². The molecule has 2 heterocycles. The molecule has 3 unspecified atom stereocenters. The molecule has 0 N–H and O–H groups in total. The molecule has 2 rings (SSSR count). The Morgan fingerprint density at radius 2 is 1.27 bits per heavy atom. The van der Waals surface area contributed by atoms with Crippen LogP contribution in [0.5, 0.6) is 0 Å². The maximum atomic E-state index is 13.1. The standard InChI is InChI=1S/C18H37B2O11PS/c1-22-5-7-26-15-13(25-4)12(30-17(15)19)10-28-32(21,33)31-14-11(9-24-3)29-18(20)16(14)27-8-6-23-2/h11-18H,5-10,19-20H2,1-4H3,(H,21,33)/t11-,12-,13+,14+,15?,16?,17-,18-,32?/m1/s1. The lowest BCUT2D eigenvalue weighted by Crippen LogP contribution is -2.40. The van der Waals surface area contributed by atoms with E-state index in [2.05, 4.69) is 12.2 Å². The number of thiol groups is 1. The van der Waals surface area contributed by atoms with Crippen molar-refractivity contribution in [3.63, 3.8) is 0 Å². The van der Waals surface area contributed by atoms with Gasteiger partial charge in [0.05, 0.1) is 51.6 Å². The Bertz CT molecular complexity index is 610. The second-order valence-electron chi connectivity index (χ2n) is 7.91. The predicted octanol–water partition coefficient (Wildman–Crippen LogP) is -1.13. The smallest absolute Gasteiger partial charge is 0.382 e. The van der Waals surface area contributed by atoms with Crippen molar-refractivity contribution in [2.24, 2.45) is 0 Å². The largest absolute Gasteiger partial charge is 0.386 e. The average Bonchev–Trinajstić information content (AvgIpc) is 3.23. The zero-order valence-corrected chi connectivity index (χ0v) is 22.0. The van der Waals surface area contributed by atoms with Crippen LogP contribution in [0.4, 0.5) is 0 Å². The molecule has 2 aliphatic heterocycles. The molecule has 11 nitrogen and oxygen atoms in total. The minimum Gasteiger partial charge on any atom is -0.382 e. The second-order valence-corrected chi connectivity index (χ2v) is 10.8. The fourth-order valence-corrected chi connectivity index (χ4v) is 5.50. The fourth-order valence-electron chi connectivity index (χ4n) is 4.01. The van der Waals surface area contributed by atoms with Crippen molar-refractivity contribution in [3.8, 4) is 0 Å². The molecular weight excluding hydrogens is 477 g/mol. The first-order chi connectivity index (χ1) is 15.8. The minimum atomic E-state index is -3.81. The quantitative estimate of drug-likeness (QED) is 0.117. The van der Waals surface area contributed by atoms with E-state index in [1.165, 1.54) is 0 Å². The van der Waals surface area contributed by atoms with Gasteiger partial charge in [-0.3, -0.25) is 9.05 Å². The average molecular weight is 514 g/mol. The van der Waals surface area contributed by atoms with Crippen molar-refractivity contribution in [1.29, 1.82) is 0 Å². The lowest BCUT2D eigenvalue weighted by Gasteiger charge is -2.27. The minimum absolute atomic E-state index is 0.0545. The Labute approximate surface area is 203 Å². The molecule has 2 saturated heterocycles. The van der Waals surface area contributed by atoms with Gasteiger partial charge in [0.15, 0.2) is 0 Å². The molecule has 0 bridgehead atoms. The van der Waals surface area contributed by atoms with Gasteiger partial charge >= 0.3 is 6.80 Å². The predicted molar refractivity (Wildman–Crippen MR) is 128 cm³/mol. The summed E-state index contributed by atoms with van der Waals surface area (Å²) in [5, 5.41) is 0. The third kappa shape index (κ3) is 8.73. The van der Waals surface area contributed by atoms with Gasteiger partial charge in [0, 0.05) is 28.4 Å². The highest BCUT2D eigenvalue weighted by molar-refractivity contribution is 8.44. The van der Waals surface area contributed by atoms with E-state index in [1.807, 2.05) is 15.7 Å².